The van der Waals surface area contributed by atoms with Crippen molar-refractivity contribution in [1.29, 1.82) is 0 Å². The minimum absolute atomic E-state index is 0.532. The number of fused-ring (bicyclic) bond motifs is 2. The molecular formula is C23H30Br2O2. The highest BCUT2D eigenvalue weighted by atomic mass is 79.9. The fourth-order valence-corrected chi connectivity index (χ4v) is 6.81. The highest BCUT2D eigenvalue weighted by Gasteiger charge is 2.53. The SMILES string of the molecule is CCCC(Br)(C(=O)O)C(Br)(CC=CCC12CCC(CC1)C2)c1ccccc1. The van der Waals surface area contributed by atoms with E-state index < -0.39 is 14.6 Å². The molecule has 2 atom stereocenters. The van der Waals surface area contributed by atoms with Crippen molar-refractivity contribution in [1.82, 2.24) is 0 Å². The van der Waals surface area contributed by atoms with E-state index in [9.17, 15) is 9.90 Å². The van der Waals surface area contributed by atoms with Crippen molar-refractivity contribution in [2.24, 2.45) is 11.3 Å². The minimum Gasteiger partial charge on any atom is -0.480 e. The van der Waals surface area contributed by atoms with E-state index in [1.54, 1.807) is 0 Å². The monoisotopic (exact) mass is 496 g/mol. The molecule has 0 radical (unpaired) electrons. The average Bonchev–Trinajstić information content (AvgIpc) is 3.27. The zero-order chi connectivity index (χ0) is 19.5. The molecule has 0 amide bonds. The molecule has 1 N–H and O–H groups in total. The fourth-order valence-electron chi connectivity index (χ4n) is 5.21. The Morgan fingerprint density at radius 1 is 1.22 bits per heavy atom. The van der Waals surface area contributed by atoms with Crippen LogP contribution in [0, 0.1) is 11.3 Å². The number of carboxylic acid groups (broad SMARTS) is 1. The van der Waals surface area contributed by atoms with Gasteiger partial charge in [-0.25, -0.2) is 0 Å². The molecular weight excluding hydrogens is 468 g/mol. The summed E-state index contributed by atoms with van der Waals surface area (Å²) in [6.07, 6.45) is 14.6. The van der Waals surface area contributed by atoms with Gasteiger partial charge in [-0.05, 0) is 68.3 Å². The number of halogens is 2. The van der Waals surface area contributed by atoms with Gasteiger partial charge in [-0.1, -0.05) is 87.7 Å². The van der Waals surface area contributed by atoms with Gasteiger partial charge < -0.3 is 5.11 Å². The van der Waals surface area contributed by atoms with Gasteiger partial charge in [-0.2, -0.15) is 0 Å². The van der Waals surface area contributed by atoms with Gasteiger partial charge in [0.15, 0.2) is 0 Å². The predicted octanol–water partition coefficient (Wildman–Crippen LogP) is 7.21. The van der Waals surface area contributed by atoms with Crippen LogP contribution in [0.25, 0.3) is 0 Å². The smallest absolute Gasteiger partial charge is 0.322 e. The highest BCUT2D eigenvalue weighted by molar-refractivity contribution is 9.13. The first-order valence-electron chi connectivity index (χ1n) is 10.2. The molecule has 2 unspecified atom stereocenters. The summed E-state index contributed by atoms with van der Waals surface area (Å²) in [6, 6.07) is 9.97. The number of rotatable bonds is 9. The zero-order valence-electron chi connectivity index (χ0n) is 16.1. The number of hydrogen-bond acceptors (Lipinski definition) is 1. The Balaban J connectivity index is 1.82. The van der Waals surface area contributed by atoms with Crippen molar-refractivity contribution < 1.29 is 9.90 Å². The second-order valence-electron chi connectivity index (χ2n) is 8.55. The Morgan fingerprint density at radius 3 is 2.41 bits per heavy atom. The molecule has 1 aromatic carbocycles. The molecule has 0 spiro atoms. The van der Waals surface area contributed by atoms with Crippen molar-refractivity contribution in [2.45, 2.75) is 73.4 Å². The molecule has 2 bridgehead atoms. The van der Waals surface area contributed by atoms with Crippen LogP contribution in [0.4, 0.5) is 0 Å². The summed E-state index contributed by atoms with van der Waals surface area (Å²) in [5, 5.41) is 10.1. The quantitative estimate of drug-likeness (QED) is 0.289. The minimum atomic E-state index is -1.05. The maximum atomic E-state index is 12.3. The summed E-state index contributed by atoms with van der Waals surface area (Å²) in [7, 11) is 0. The largest absolute Gasteiger partial charge is 0.480 e. The molecule has 0 aliphatic heterocycles. The van der Waals surface area contributed by atoms with Gasteiger partial charge in [0.1, 0.15) is 4.32 Å². The standard InChI is InChI=1S/C23H30Br2O2/c1-2-12-23(25,20(26)27)22(24,19-8-4-3-5-9-19)14-7-6-13-21-15-10-18(17-21)11-16-21/h3-9,18H,2,10-17H2,1H3,(H,26,27). The number of alkyl halides is 2. The number of carboxylic acids is 1. The number of allylic oxidation sites excluding steroid dienone is 2. The lowest BCUT2D eigenvalue weighted by Gasteiger charge is -2.40. The van der Waals surface area contributed by atoms with Gasteiger partial charge in [0.05, 0.1) is 4.32 Å². The number of hydrogen-bond donors (Lipinski definition) is 1. The molecule has 2 nitrogen and oxygen atoms in total. The Bertz CT molecular complexity index is 679. The van der Waals surface area contributed by atoms with Crippen LogP contribution in [0.2, 0.25) is 0 Å². The van der Waals surface area contributed by atoms with Gasteiger partial charge in [0.25, 0.3) is 0 Å². The van der Waals surface area contributed by atoms with Crippen molar-refractivity contribution in [3.63, 3.8) is 0 Å². The van der Waals surface area contributed by atoms with Gasteiger partial charge in [0.2, 0.25) is 0 Å². The first kappa shape index (κ1) is 21.1. The number of aliphatic carboxylic acids is 1. The molecule has 2 fully saturated rings. The Morgan fingerprint density at radius 2 is 1.89 bits per heavy atom. The van der Waals surface area contributed by atoms with Crippen LogP contribution in [0.1, 0.15) is 70.3 Å². The van der Waals surface area contributed by atoms with Crippen molar-refractivity contribution in [2.75, 3.05) is 0 Å². The normalized spacial score (nSPS) is 28.9. The maximum Gasteiger partial charge on any atom is 0.322 e. The molecule has 4 heteroatoms. The maximum absolute atomic E-state index is 12.3. The van der Waals surface area contributed by atoms with Gasteiger partial charge in [0, 0.05) is 0 Å². The lowest BCUT2D eigenvalue weighted by Crippen LogP contribution is -2.48. The van der Waals surface area contributed by atoms with Crippen molar-refractivity contribution >= 4 is 37.8 Å². The summed E-state index contributed by atoms with van der Waals surface area (Å²) >= 11 is 7.53. The third-order valence-electron chi connectivity index (χ3n) is 6.80. The van der Waals surface area contributed by atoms with E-state index >= 15 is 0 Å². The Kier molecular flexibility index (Phi) is 6.57. The van der Waals surface area contributed by atoms with Crippen LogP contribution in [0.3, 0.4) is 0 Å². The van der Waals surface area contributed by atoms with Crippen molar-refractivity contribution in [3.8, 4) is 0 Å². The first-order chi connectivity index (χ1) is 12.9. The number of benzene rings is 1. The summed E-state index contributed by atoms with van der Waals surface area (Å²) in [5.41, 5.74) is 1.53. The van der Waals surface area contributed by atoms with E-state index in [2.05, 4.69) is 44.0 Å². The Hall–Kier alpha value is -0.610. The molecule has 2 aliphatic rings. The van der Waals surface area contributed by atoms with Gasteiger partial charge >= 0.3 is 5.97 Å². The van der Waals surface area contributed by atoms with E-state index in [0.29, 0.717) is 18.3 Å². The van der Waals surface area contributed by atoms with E-state index in [0.717, 1.165) is 24.3 Å². The summed E-state index contributed by atoms with van der Waals surface area (Å²) in [4.78, 5) is 12.3. The summed E-state index contributed by atoms with van der Waals surface area (Å²) < 4.78 is -1.74. The van der Waals surface area contributed by atoms with E-state index in [1.165, 1.54) is 32.1 Å². The highest BCUT2D eigenvalue weighted by Crippen LogP contribution is 2.56. The average molecular weight is 498 g/mol. The third kappa shape index (κ3) is 4.07. The lowest BCUT2D eigenvalue weighted by molar-refractivity contribution is -0.140. The first-order valence-corrected chi connectivity index (χ1v) is 11.8. The molecule has 1 aromatic rings. The molecule has 0 aromatic heterocycles. The van der Waals surface area contributed by atoms with E-state index in [-0.39, 0.29) is 0 Å². The summed E-state index contributed by atoms with van der Waals surface area (Å²) in [6.45, 7) is 2.03. The van der Waals surface area contributed by atoms with E-state index in [4.69, 9.17) is 0 Å². The van der Waals surface area contributed by atoms with Crippen LogP contribution < -0.4 is 0 Å². The molecule has 27 heavy (non-hydrogen) atoms. The fraction of sp³-hybridized carbons (Fsp3) is 0.609. The van der Waals surface area contributed by atoms with Crippen LogP contribution in [0.15, 0.2) is 42.5 Å². The molecule has 0 heterocycles. The topological polar surface area (TPSA) is 37.3 Å². The molecule has 2 saturated carbocycles. The van der Waals surface area contributed by atoms with Gasteiger partial charge in [-0.15, -0.1) is 0 Å². The van der Waals surface area contributed by atoms with Gasteiger partial charge in [-0.3, -0.25) is 4.79 Å². The van der Waals surface area contributed by atoms with Crippen LogP contribution >= 0.6 is 31.9 Å². The second kappa shape index (κ2) is 8.41. The predicted molar refractivity (Wildman–Crippen MR) is 119 cm³/mol. The third-order valence-corrected chi connectivity index (χ3v) is 10.2. The van der Waals surface area contributed by atoms with Crippen LogP contribution in [0.5, 0.6) is 0 Å². The second-order valence-corrected chi connectivity index (χ2v) is 11.3. The number of carbonyl (C=O) groups is 1. The molecule has 0 saturated heterocycles. The molecule has 3 rings (SSSR count). The lowest BCUT2D eigenvalue weighted by atomic mass is 9.79. The Labute approximate surface area is 180 Å². The molecule has 2 aliphatic carbocycles. The zero-order valence-corrected chi connectivity index (χ0v) is 19.3. The summed E-state index contributed by atoms with van der Waals surface area (Å²) in [5.74, 6) is 0.149. The van der Waals surface area contributed by atoms with Crippen LogP contribution in [-0.2, 0) is 9.12 Å². The molecule has 148 valence electrons. The van der Waals surface area contributed by atoms with Crippen molar-refractivity contribution in [3.05, 3.63) is 48.0 Å². The van der Waals surface area contributed by atoms with Crippen LogP contribution in [-0.4, -0.2) is 15.4 Å². The van der Waals surface area contributed by atoms with E-state index in [1.807, 2.05) is 37.3 Å².